The molecule has 0 saturated carbocycles. The highest BCUT2D eigenvalue weighted by Crippen LogP contribution is 2.25. The number of hydrogen-bond donors (Lipinski definition) is 3. The van der Waals surface area contributed by atoms with Crippen molar-refractivity contribution >= 4 is 28.2 Å². The Morgan fingerprint density at radius 1 is 1.40 bits per heavy atom. The molecule has 2 amide bonds. The van der Waals surface area contributed by atoms with Gasteiger partial charge in [-0.25, -0.2) is 0 Å². The van der Waals surface area contributed by atoms with Crippen molar-refractivity contribution < 1.29 is 19.4 Å². The lowest BCUT2D eigenvalue weighted by molar-refractivity contribution is -0.114. The van der Waals surface area contributed by atoms with Crippen LogP contribution in [0.3, 0.4) is 0 Å². The normalized spacial score (nSPS) is 17.5. The minimum absolute atomic E-state index is 0.105. The van der Waals surface area contributed by atoms with Crippen LogP contribution in [0.2, 0.25) is 0 Å². The molecule has 0 bridgehead atoms. The fourth-order valence-electron chi connectivity index (χ4n) is 2.09. The van der Waals surface area contributed by atoms with Crippen LogP contribution < -0.4 is 10.6 Å². The van der Waals surface area contributed by atoms with E-state index in [0.29, 0.717) is 35.9 Å². The van der Waals surface area contributed by atoms with Crippen molar-refractivity contribution in [3.8, 4) is 0 Å². The van der Waals surface area contributed by atoms with Crippen molar-refractivity contribution in [1.82, 2.24) is 5.32 Å². The van der Waals surface area contributed by atoms with Crippen LogP contribution in [0.25, 0.3) is 0 Å². The molecular formula is C13H18N2O4S. The lowest BCUT2D eigenvalue weighted by atomic mass is 9.91. The smallest absolute Gasteiger partial charge is 0.261 e. The van der Waals surface area contributed by atoms with Crippen LogP contribution in [0.15, 0.2) is 12.1 Å². The van der Waals surface area contributed by atoms with E-state index in [1.165, 1.54) is 18.3 Å². The molecular weight excluding hydrogens is 280 g/mol. The molecule has 2 heterocycles. The van der Waals surface area contributed by atoms with Crippen molar-refractivity contribution in [2.45, 2.75) is 25.3 Å². The first-order valence-corrected chi connectivity index (χ1v) is 7.25. The fourth-order valence-corrected chi connectivity index (χ4v) is 2.94. The van der Waals surface area contributed by atoms with Crippen LogP contribution in [0.5, 0.6) is 0 Å². The summed E-state index contributed by atoms with van der Waals surface area (Å²) < 4.78 is 5.25. The van der Waals surface area contributed by atoms with Crippen molar-refractivity contribution in [2.24, 2.45) is 0 Å². The molecule has 0 spiro atoms. The van der Waals surface area contributed by atoms with Gasteiger partial charge in [0, 0.05) is 20.1 Å². The Bertz CT molecular complexity index is 494. The third-order valence-electron chi connectivity index (χ3n) is 3.26. The predicted octanol–water partition coefficient (Wildman–Crippen LogP) is 0.978. The molecule has 0 radical (unpaired) electrons. The number of nitrogens with one attached hydrogen (secondary N) is 2. The summed E-state index contributed by atoms with van der Waals surface area (Å²) in [4.78, 5) is 23.7. The van der Waals surface area contributed by atoms with E-state index in [-0.39, 0.29) is 18.4 Å². The maximum Gasteiger partial charge on any atom is 0.261 e. The average molecular weight is 298 g/mol. The van der Waals surface area contributed by atoms with Gasteiger partial charge in [0.15, 0.2) is 0 Å². The Balaban J connectivity index is 2.03. The van der Waals surface area contributed by atoms with Gasteiger partial charge >= 0.3 is 0 Å². The summed E-state index contributed by atoms with van der Waals surface area (Å²) in [5, 5.41) is 15.7. The first-order valence-electron chi connectivity index (χ1n) is 6.43. The molecule has 0 unspecified atom stereocenters. The highest BCUT2D eigenvalue weighted by atomic mass is 32.1. The zero-order chi connectivity index (χ0) is 14.6. The van der Waals surface area contributed by atoms with Crippen molar-refractivity contribution in [3.05, 3.63) is 17.0 Å². The second-order valence-corrected chi connectivity index (χ2v) is 5.93. The van der Waals surface area contributed by atoms with Gasteiger partial charge in [-0.15, -0.1) is 11.3 Å². The molecule has 7 heteroatoms. The second kappa shape index (κ2) is 6.34. The maximum absolute atomic E-state index is 12.2. The lowest BCUT2D eigenvalue weighted by Crippen LogP contribution is -2.54. The first kappa shape index (κ1) is 15.0. The Labute approximate surface area is 121 Å². The number of thiophene rings is 1. The number of hydrogen-bond acceptors (Lipinski definition) is 5. The van der Waals surface area contributed by atoms with Crippen LogP contribution in [0.1, 0.15) is 29.4 Å². The van der Waals surface area contributed by atoms with Gasteiger partial charge < -0.3 is 20.5 Å². The molecule has 0 atom stereocenters. The molecule has 1 fully saturated rings. The molecule has 0 aromatic carbocycles. The van der Waals surface area contributed by atoms with Crippen LogP contribution in [-0.4, -0.2) is 42.3 Å². The SMILES string of the molecule is CC(=O)Nc1ccc(C(=O)NC2(CO)CCOCC2)s1. The molecule has 1 aliphatic rings. The molecule has 3 N–H and O–H groups in total. The summed E-state index contributed by atoms with van der Waals surface area (Å²) in [5.41, 5.74) is -0.604. The van der Waals surface area contributed by atoms with Gasteiger partial charge in [0.05, 0.1) is 22.0 Å². The highest BCUT2D eigenvalue weighted by Gasteiger charge is 2.34. The van der Waals surface area contributed by atoms with E-state index in [0.717, 1.165) is 0 Å². The summed E-state index contributed by atoms with van der Waals surface area (Å²) >= 11 is 1.21. The first-order chi connectivity index (χ1) is 9.54. The fraction of sp³-hybridized carbons (Fsp3) is 0.538. The highest BCUT2D eigenvalue weighted by molar-refractivity contribution is 7.18. The van der Waals surface area contributed by atoms with Crippen LogP contribution in [-0.2, 0) is 9.53 Å². The number of rotatable bonds is 4. The molecule has 20 heavy (non-hydrogen) atoms. The van der Waals surface area contributed by atoms with E-state index >= 15 is 0 Å². The summed E-state index contributed by atoms with van der Waals surface area (Å²) in [6, 6.07) is 3.35. The van der Waals surface area contributed by atoms with Crippen LogP contribution >= 0.6 is 11.3 Å². The number of aliphatic hydroxyl groups is 1. The topological polar surface area (TPSA) is 87.7 Å². The lowest BCUT2D eigenvalue weighted by Gasteiger charge is -2.36. The summed E-state index contributed by atoms with van der Waals surface area (Å²) in [6.07, 6.45) is 1.19. The molecule has 1 aromatic rings. The quantitative estimate of drug-likeness (QED) is 0.773. The Hall–Kier alpha value is -1.44. The van der Waals surface area contributed by atoms with Crippen molar-refractivity contribution in [1.29, 1.82) is 0 Å². The summed E-state index contributed by atoms with van der Waals surface area (Å²) in [6.45, 7) is 2.37. The number of carbonyl (C=O) groups excluding carboxylic acids is 2. The minimum Gasteiger partial charge on any atom is -0.394 e. The van der Waals surface area contributed by atoms with E-state index in [9.17, 15) is 14.7 Å². The zero-order valence-electron chi connectivity index (χ0n) is 11.3. The second-order valence-electron chi connectivity index (χ2n) is 4.85. The zero-order valence-corrected chi connectivity index (χ0v) is 12.1. The monoisotopic (exact) mass is 298 g/mol. The Kier molecular flexibility index (Phi) is 4.74. The van der Waals surface area contributed by atoms with Crippen LogP contribution in [0.4, 0.5) is 5.00 Å². The molecule has 1 saturated heterocycles. The summed E-state index contributed by atoms with van der Waals surface area (Å²) in [5.74, 6) is -0.405. The van der Waals surface area contributed by atoms with Gasteiger partial charge in [0.1, 0.15) is 0 Å². The van der Waals surface area contributed by atoms with E-state index in [1.54, 1.807) is 12.1 Å². The van der Waals surface area contributed by atoms with Gasteiger partial charge in [0.2, 0.25) is 5.91 Å². The number of ether oxygens (including phenoxy) is 1. The maximum atomic E-state index is 12.2. The van der Waals surface area contributed by atoms with Gasteiger partial charge in [-0.05, 0) is 25.0 Å². The molecule has 2 rings (SSSR count). The molecule has 1 aliphatic heterocycles. The largest absolute Gasteiger partial charge is 0.394 e. The third-order valence-corrected chi connectivity index (χ3v) is 4.26. The van der Waals surface area contributed by atoms with Gasteiger partial charge in [0.25, 0.3) is 5.91 Å². The summed E-state index contributed by atoms with van der Waals surface area (Å²) in [7, 11) is 0. The number of amides is 2. The molecule has 6 nitrogen and oxygen atoms in total. The van der Waals surface area contributed by atoms with Gasteiger partial charge in [-0.3, -0.25) is 9.59 Å². The minimum atomic E-state index is -0.604. The average Bonchev–Trinajstić information content (AvgIpc) is 2.87. The van der Waals surface area contributed by atoms with E-state index < -0.39 is 5.54 Å². The number of carbonyl (C=O) groups is 2. The Morgan fingerprint density at radius 2 is 2.10 bits per heavy atom. The van der Waals surface area contributed by atoms with Gasteiger partial charge in [-0.2, -0.15) is 0 Å². The van der Waals surface area contributed by atoms with Gasteiger partial charge in [-0.1, -0.05) is 0 Å². The van der Waals surface area contributed by atoms with E-state index in [4.69, 9.17) is 4.74 Å². The molecule has 1 aromatic heterocycles. The van der Waals surface area contributed by atoms with E-state index in [1.807, 2.05) is 0 Å². The number of aliphatic hydroxyl groups excluding tert-OH is 1. The van der Waals surface area contributed by atoms with E-state index in [2.05, 4.69) is 10.6 Å². The van der Waals surface area contributed by atoms with Crippen molar-refractivity contribution in [2.75, 3.05) is 25.1 Å². The third kappa shape index (κ3) is 3.56. The Morgan fingerprint density at radius 3 is 2.70 bits per heavy atom. The number of anilines is 1. The predicted molar refractivity (Wildman–Crippen MR) is 76.0 cm³/mol. The van der Waals surface area contributed by atoms with Crippen molar-refractivity contribution in [3.63, 3.8) is 0 Å². The molecule has 110 valence electrons. The molecule has 0 aliphatic carbocycles. The van der Waals surface area contributed by atoms with Crippen LogP contribution in [0, 0.1) is 0 Å². The standard InChI is InChI=1S/C13H18N2O4S/c1-9(17)14-11-3-2-10(20-11)12(18)15-13(8-16)4-6-19-7-5-13/h2-3,16H,4-8H2,1H3,(H,14,17)(H,15,18).